The van der Waals surface area contributed by atoms with E-state index in [9.17, 15) is 9.59 Å². The Kier molecular flexibility index (Phi) is 4.46. The molecule has 0 aromatic carbocycles. The van der Waals surface area contributed by atoms with Gasteiger partial charge in [0.2, 0.25) is 0 Å². The summed E-state index contributed by atoms with van der Waals surface area (Å²) in [5.74, 6) is 1.07. The minimum Gasteiger partial charge on any atom is -0.360 e. The Balaban J connectivity index is 1.36. The average molecular weight is 391 g/mol. The second-order valence-electron chi connectivity index (χ2n) is 7.66. The predicted molar refractivity (Wildman–Crippen MR) is 104 cm³/mol. The minimum atomic E-state index is -0.181. The maximum absolute atomic E-state index is 13.0. The van der Waals surface area contributed by atoms with Crippen LogP contribution in [0.4, 0.5) is 0 Å². The van der Waals surface area contributed by atoms with E-state index in [1.807, 2.05) is 12.1 Å². The fourth-order valence-corrected chi connectivity index (χ4v) is 3.85. The Morgan fingerprint density at radius 2 is 1.97 bits per heavy atom. The van der Waals surface area contributed by atoms with Crippen molar-refractivity contribution in [3.05, 3.63) is 64.5 Å². The number of hydrogen-bond acceptors (Lipinski definition) is 6. The van der Waals surface area contributed by atoms with E-state index in [4.69, 9.17) is 4.52 Å². The Bertz CT molecular complexity index is 1090. The SMILES string of the molecule is O=C(c1cc(C2CC2)on1)N1CCCC1Cn1nc(-c2ccncc2)ccc1=O. The van der Waals surface area contributed by atoms with Crippen molar-refractivity contribution >= 4 is 5.91 Å². The highest BCUT2D eigenvalue weighted by molar-refractivity contribution is 5.92. The molecule has 3 aromatic heterocycles. The van der Waals surface area contributed by atoms with Gasteiger partial charge < -0.3 is 9.42 Å². The van der Waals surface area contributed by atoms with Gasteiger partial charge in [0.1, 0.15) is 5.76 Å². The first-order chi connectivity index (χ1) is 14.2. The standard InChI is InChI=1S/C21H21N5O3/c27-20-6-5-17(14-7-9-22-10-8-14)23-26(20)13-16-2-1-11-25(16)21(28)18-12-19(29-24-18)15-3-4-15/h5-10,12,15-16H,1-4,11,13H2. The van der Waals surface area contributed by atoms with E-state index in [0.29, 0.717) is 30.4 Å². The molecule has 0 bridgehead atoms. The molecule has 2 fully saturated rings. The van der Waals surface area contributed by atoms with Crippen LogP contribution in [0.1, 0.15) is 47.8 Å². The molecule has 5 rings (SSSR count). The highest BCUT2D eigenvalue weighted by atomic mass is 16.5. The summed E-state index contributed by atoms with van der Waals surface area (Å²) in [4.78, 5) is 31.2. The number of carbonyl (C=O) groups excluding carboxylic acids is 1. The summed E-state index contributed by atoms with van der Waals surface area (Å²) in [7, 11) is 0. The molecule has 0 radical (unpaired) electrons. The number of amides is 1. The zero-order valence-corrected chi connectivity index (χ0v) is 15.9. The van der Waals surface area contributed by atoms with E-state index < -0.39 is 0 Å². The first-order valence-corrected chi connectivity index (χ1v) is 9.95. The molecule has 2 aliphatic rings. The van der Waals surface area contributed by atoms with Crippen molar-refractivity contribution in [1.29, 1.82) is 0 Å². The van der Waals surface area contributed by atoms with E-state index in [0.717, 1.165) is 37.0 Å². The molecule has 3 aromatic rings. The minimum absolute atomic E-state index is 0.0959. The van der Waals surface area contributed by atoms with Crippen LogP contribution in [0, 0.1) is 0 Å². The van der Waals surface area contributed by atoms with Crippen LogP contribution in [0.5, 0.6) is 0 Å². The number of likely N-dealkylation sites (tertiary alicyclic amines) is 1. The van der Waals surface area contributed by atoms with Crippen LogP contribution in [-0.2, 0) is 6.54 Å². The second-order valence-corrected chi connectivity index (χ2v) is 7.66. The topological polar surface area (TPSA) is 94.1 Å². The molecule has 1 aliphatic carbocycles. The molecule has 29 heavy (non-hydrogen) atoms. The highest BCUT2D eigenvalue weighted by Crippen LogP contribution is 2.40. The first-order valence-electron chi connectivity index (χ1n) is 9.95. The van der Waals surface area contributed by atoms with Crippen molar-refractivity contribution in [3.8, 4) is 11.3 Å². The van der Waals surface area contributed by atoms with Gasteiger partial charge in [0.15, 0.2) is 5.69 Å². The van der Waals surface area contributed by atoms with Crippen molar-refractivity contribution in [2.24, 2.45) is 0 Å². The van der Waals surface area contributed by atoms with Gasteiger partial charge in [-0.3, -0.25) is 14.6 Å². The van der Waals surface area contributed by atoms with Gasteiger partial charge in [0.25, 0.3) is 11.5 Å². The van der Waals surface area contributed by atoms with Gasteiger partial charge in [-0.25, -0.2) is 4.68 Å². The number of aromatic nitrogens is 4. The maximum Gasteiger partial charge on any atom is 0.276 e. The molecule has 0 spiro atoms. The lowest BCUT2D eigenvalue weighted by Crippen LogP contribution is -2.40. The quantitative estimate of drug-likeness (QED) is 0.663. The molecule has 1 unspecified atom stereocenters. The zero-order valence-electron chi connectivity index (χ0n) is 15.9. The molecular weight excluding hydrogens is 370 g/mol. The van der Waals surface area contributed by atoms with Crippen molar-refractivity contribution in [2.75, 3.05) is 6.54 Å². The molecule has 0 N–H and O–H groups in total. The molecule has 1 saturated carbocycles. The summed E-state index contributed by atoms with van der Waals surface area (Å²) in [5.41, 5.74) is 1.76. The van der Waals surface area contributed by atoms with Crippen LogP contribution >= 0.6 is 0 Å². The number of hydrogen-bond donors (Lipinski definition) is 0. The third-order valence-corrected chi connectivity index (χ3v) is 5.59. The molecule has 1 atom stereocenters. The van der Waals surface area contributed by atoms with Crippen LogP contribution in [-0.4, -0.2) is 43.3 Å². The summed E-state index contributed by atoms with van der Waals surface area (Å²) < 4.78 is 6.79. The van der Waals surface area contributed by atoms with E-state index in [2.05, 4.69) is 15.2 Å². The lowest BCUT2D eigenvalue weighted by molar-refractivity contribution is 0.0710. The summed E-state index contributed by atoms with van der Waals surface area (Å²) >= 11 is 0. The lowest BCUT2D eigenvalue weighted by Gasteiger charge is -2.24. The van der Waals surface area contributed by atoms with Crippen LogP contribution in [0.2, 0.25) is 0 Å². The first kappa shape index (κ1) is 17.8. The Morgan fingerprint density at radius 1 is 1.14 bits per heavy atom. The molecule has 8 heteroatoms. The predicted octanol–water partition coefficient (Wildman–Crippen LogP) is 2.48. The molecule has 1 saturated heterocycles. The van der Waals surface area contributed by atoms with Gasteiger partial charge >= 0.3 is 0 Å². The van der Waals surface area contributed by atoms with Crippen molar-refractivity contribution in [2.45, 2.75) is 44.2 Å². The summed E-state index contributed by atoms with van der Waals surface area (Å²) in [5, 5.41) is 8.49. The smallest absolute Gasteiger partial charge is 0.276 e. The van der Waals surface area contributed by atoms with E-state index in [1.165, 1.54) is 10.7 Å². The monoisotopic (exact) mass is 391 g/mol. The fraction of sp³-hybridized carbons (Fsp3) is 0.381. The van der Waals surface area contributed by atoms with Gasteiger partial charge in [-0.1, -0.05) is 5.16 Å². The van der Waals surface area contributed by atoms with Gasteiger partial charge in [0.05, 0.1) is 18.3 Å². The molecule has 4 heterocycles. The zero-order chi connectivity index (χ0) is 19.8. The van der Waals surface area contributed by atoms with Gasteiger partial charge in [-0.05, 0) is 43.9 Å². The lowest BCUT2D eigenvalue weighted by atomic mass is 10.2. The Hall–Kier alpha value is -3.29. The fourth-order valence-electron chi connectivity index (χ4n) is 3.85. The van der Waals surface area contributed by atoms with Crippen molar-refractivity contribution in [3.63, 3.8) is 0 Å². The Labute approximate surface area is 167 Å². The number of carbonyl (C=O) groups is 1. The number of pyridine rings is 1. The largest absolute Gasteiger partial charge is 0.360 e. The van der Waals surface area contributed by atoms with E-state index in [-0.39, 0.29) is 17.5 Å². The average Bonchev–Trinajstić information content (AvgIpc) is 3.30. The summed E-state index contributed by atoms with van der Waals surface area (Å²) in [6, 6.07) is 8.60. The van der Waals surface area contributed by atoms with Crippen LogP contribution in [0.25, 0.3) is 11.3 Å². The van der Waals surface area contributed by atoms with Gasteiger partial charge in [-0.2, -0.15) is 5.10 Å². The van der Waals surface area contributed by atoms with Crippen LogP contribution in [0.3, 0.4) is 0 Å². The summed E-state index contributed by atoms with van der Waals surface area (Å²) in [6.45, 7) is 1.00. The third kappa shape index (κ3) is 3.57. The van der Waals surface area contributed by atoms with Crippen LogP contribution < -0.4 is 5.56 Å². The maximum atomic E-state index is 13.0. The molecular formula is C21H21N5O3. The molecule has 8 nitrogen and oxygen atoms in total. The molecule has 1 aliphatic heterocycles. The molecule has 1 amide bonds. The van der Waals surface area contributed by atoms with Gasteiger partial charge in [0, 0.05) is 42.6 Å². The van der Waals surface area contributed by atoms with E-state index >= 15 is 0 Å². The van der Waals surface area contributed by atoms with Crippen molar-refractivity contribution in [1.82, 2.24) is 24.8 Å². The Morgan fingerprint density at radius 3 is 2.76 bits per heavy atom. The van der Waals surface area contributed by atoms with E-state index in [1.54, 1.807) is 29.4 Å². The number of nitrogens with zero attached hydrogens (tertiary/aromatic N) is 5. The second kappa shape index (κ2) is 7.27. The summed E-state index contributed by atoms with van der Waals surface area (Å²) in [6.07, 6.45) is 7.29. The number of rotatable bonds is 5. The third-order valence-electron chi connectivity index (χ3n) is 5.59. The van der Waals surface area contributed by atoms with Gasteiger partial charge in [-0.15, -0.1) is 0 Å². The normalized spacial score (nSPS) is 18.9. The van der Waals surface area contributed by atoms with Crippen molar-refractivity contribution < 1.29 is 9.32 Å². The molecule has 148 valence electrons. The van der Waals surface area contributed by atoms with Crippen LogP contribution in [0.15, 0.2) is 52.0 Å². The highest BCUT2D eigenvalue weighted by Gasteiger charge is 2.34.